The minimum atomic E-state index is -0.910. The highest BCUT2D eigenvalue weighted by molar-refractivity contribution is 9.11. The van der Waals surface area contributed by atoms with Crippen molar-refractivity contribution in [3.05, 3.63) is 116 Å². The quantitative estimate of drug-likeness (QED) is 0.0517. The van der Waals surface area contributed by atoms with Crippen LogP contribution in [0.4, 0.5) is 9.59 Å². The summed E-state index contributed by atoms with van der Waals surface area (Å²) in [6.45, 7) is 46.1. The highest BCUT2D eigenvalue weighted by atomic mass is 79.9. The molecule has 4 atom stereocenters. The summed E-state index contributed by atoms with van der Waals surface area (Å²) in [4.78, 5) is 61.9. The summed E-state index contributed by atoms with van der Waals surface area (Å²) in [5.74, 6) is -2.22. The molecule has 7 saturated carbocycles. The molecule has 15 aliphatic rings. The van der Waals surface area contributed by atoms with Gasteiger partial charge in [-0.2, -0.15) is 0 Å². The van der Waals surface area contributed by atoms with Gasteiger partial charge in [0.05, 0.1) is 126 Å². The first-order valence-corrected chi connectivity index (χ1v) is 55.3. The molecule has 7 N–H and O–H groups in total. The molecule has 15 fully saturated rings. The Morgan fingerprint density at radius 2 is 0.615 bits per heavy atom. The number of Topliss-reactive ketones (excluding diaryl/α,β-unsaturated/α-hetero) is 2. The highest BCUT2D eigenvalue weighted by Crippen LogP contribution is 2.52. The second-order valence-electron chi connectivity index (χ2n) is 49.2. The Morgan fingerprint density at radius 3 is 0.902 bits per heavy atom. The van der Waals surface area contributed by atoms with Crippen molar-refractivity contribution in [2.24, 2.45) is 32.5 Å². The summed E-state index contributed by atoms with van der Waals surface area (Å²) in [7, 11) is 0. The summed E-state index contributed by atoms with van der Waals surface area (Å²) in [6, 6.07) is 24.8. The monoisotopic (exact) mass is 2200 g/mol. The van der Waals surface area contributed by atoms with Gasteiger partial charge in [-0.1, -0.05) is 173 Å². The number of aldehydes is 1. The molecule has 1 unspecified atom stereocenters. The van der Waals surface area contributed by atoms with Crippen molar-refractivity contribution in [3.63, 3.8) is 0 Å². The van der Waals surface area contributed by atoms with Gasteiger partial charge in [-0.3, -0.25) is 9.59 Å². The average molecular weight is 2200 g/mol. The second-order valence-corrected chi connectivity index (χ2v) is 52.0. The fourth-order valence-corrected chi connectivity index (χ4v) is 22.2. The predicted octanol–water partition coefficient (Wildman–Crippen LogP) is 21.2. The number of amides is 2. The Bertz CT molecular complexity index is 4450. The van der Waals surface area contributed by atoms with E-state index in [2.05, 4.69) is 193 Å². The van der Waals surface area contributed by atoms with Crippen LogP contribution in [0.1, 0.15) is 357 Å². The average Bonchev–Trinajstić information content (AvgIpc) is 0.759. The molecule has 8 aliphatic heterocycles. The molecule has 31 heteroatoms. The van der Waals surface area contributed by atoms with Gasteiger partial charge in [0.1, 0.15) is 29.1 Å². The largest absolute Gasteiger partial charge is 0.443 e. The van der Waals surface area contributed by atoms with Gasteiger partial charge in [0, 0.05) is 193 Å². The lowest BCUT2D eigenvalue weighted by molar-refractivity contribution is -0.320. The van der Waals surface area contributed by atoms with Crippen molar-refractivity contribution >= 4 is 77.8 Å². The fourth-order valence-electron chi connectivity index (χ4n) is 21.4. The van der Waals surface area contributed by atoms with Crippen LogP contribution in [0.5, 0.6) is 0 Å². The van der Waals surface area contributed by atoms with Gasteiger partial charge in [-0.15, -0.1) is 6.58 Å². The maximum atomic E-state index is 12.8. The summed E-state index contributed by atoms with van der Waals surface area (Å²) in [5, 5.41) is 63.7. The van der Waals surface area contributed by atoms with Crippen LogP contribution in [0.15, 0.2) is 98.9 Å². The summed E-state index contributed by atoms with van der Waals surface area (Å²) < 4.78 is 86.4. The van der Waals surface area contributed by atoms with E-state index in [1.54, 1.807) is 11.0 Å². The number of hydrogen-bond donors (Lipinski definition) is 7. The highest BCUT2D eigenvalue weighted by Gasteiger charge is 2.56. The maximum Gasteiger partial charge on any atom is 0.410 e. The lowest BCUT2D eigenvalue weighted by Crippen LogP contribution is -2.56. The minimum Gasteiger partial charge on any atom is -0.443 e. The van der Waals surface area contributed by atoms with Crippen molar-refractivity contribution in [3.8, 4) is 0 Å². The molecule has 143 heavy (non-hydrogen) atoms. The van der Waals surface area contributed by atoms with Crippen LogP contribution in [0.25, 0.3) is 0 Å². The van der Waals surface area contributed by atoms with Crippen LogP contribution in [0.3, 0.4) is 0 Å². The summed E-state index contributed by atoms with van der Waals surface area (Å²) in [6.07, 6.45) is 24.0. The Kier molecular flexibility index (Phi) is 39.6. The topological polar surface area (TPSA) is 354 Å². The zero-order valence-corrected chi connectivity index (χ0v) is 93.2. The Morgan fingerprint density at radius 1 is 0.357 bits per heavy atom. The van der Waals surface area contributed by atoms with Crippen molar-refractivity contribution in [2.45, 2.75) is 415 Å². The van der Waals surface area contributed by atoms with E-state index in [9.17, 15) is 49.5 Å². The summed E-state index contributed by atoms with van der Waals surface area (Å²) in [5.41, 5.74) is 0.256. The normalized spacial score (nSPS) is 27.4. The van der Waals surface area contributed by atoms with E-state index < -0.39 is 68.8 Å². The van der Waals surface area contributed by atoms with Crippen molar-refractivity contribution in [1.82, 2.24) is 15.1 Å². The number of ether oxygens (including phenoxy) is 14. The molecule has 8 heterocycles. The van der Waals surface area contributed by atoms with E-state index in [-0.39, 0.29) is 93.6 Å². The van der Waals surface area contributed by atoms with E-state index in [0.717, 1.165) is 206 Å². The van der Waals surface area contributed by atoms with Crippen LogP contribution >= 0.6 is 47.8 Å². The molecule has 0 aromatic heterocycles. The maximum absolute atomic E-state index is 12.8. The smallest absolute Gasteiger partial charge is 0.410 e. The number of carbonyl (C=O) groups excluding carboxylic acids is 5. The van der Waals surface area contributed by atoms with Gasteiger partial charge in [-0.25, -0.2) is 9.59 Å². The van der Waals surface area contributed by atoms with Crippen LogP contribution in [0, 0.1) is 32.5 Å². The Labute approximate surface area is 876 Å². The molecule has 2 amide bonds. The number of rotatable bonds is 16. The van der Waals surface area contributed by atoms with E-state index in [1.807, 2.05) is 48.2 Å². The minimum absolute atomic E-state index is 0.000116. The van der Waals surface area contributed by atoms with Crippen LogP contribution < -0.4 is 5.32 Å². The molecule has 7 aliphatic carbocycles. The Hall–Kier alpha value is -4.37. The zero-order chi connectivity index (χ0) is 104. The van der Waals surface area contributed by atoms with Gasteiger partial charge < -0.3 is 117 Å². The molecule has 8 saturated heterocycles. The number of nitrogens with zero attached hydrogens (tertiary/aromatic N) is 2. The van der Waals surface area contributed by atoms with Gasteiger partial charge in [-0.05, 0) is 170 Å². The molecular weight excluding hydrogens is 2030 g/mol. The molecule has 28 nitrogen and oxygen atoms in total. The number of aliphatic hydroxyl groups is 6. The SMILES string of the molecule is C=CCC1(O)CCC2(CC1)OCC(C)(C)CO2.CC1(C)COC2(CCC(=O)CC2)OC1.CC1(C)COC2(CCC(O)(CC(O)CO)CC2)OC1.CC1(C)COC2(CCC(O)(CC=O)CC2)OC1.C[C@@H](c1ccc(Br)cc1)N1CCC2(CCC(=O)CC2)OC1=O.C[C@@H](c1ccc(Br)cc1)N1CCC2(CCC3(CC2)OCC(C)(C)CO3)OC1=O.C[C@H](NCCC1(O)CCC2(CC1)OCC(C)(C)CO2)c1ccc(Br)cc1. The first kappa shape index (κ1) is 117. The number of hydrogen-bond acceptors (Lipinski definition) is 26. The molecule has 3 aromatic carbocycles. The van der Waals surface area contributed by atoms with Gasteiger partial charge in [0.15, 0.2) is 34.7 Å². The number of ketones is 2. The fraction of sp³-hybridized carbons (Fsp3) is 0.777. The van der Waals surface area contributed by atoms with Crippen molar-refractivity contribution in [2.75, 3.05) is 106 Å². The lowest BCUT2D eigenvalue weighted by Gasteiger charge is -2.51. The molecule has 0 radical (unpaired) electrons. The third kappa shape index (κ3) is 33.3. The van der Waals surface area contributed by atoms with Crippen LogP contribution in [-0.2, 0) is 80.7 Å². The first-order chi connectivity index (χ1) is 67.0. The number of nitrogens with one attached hydrogen (secondary N) is 1. The third-order valence-electron chi connectivity index (χ3n) is 32.3. The zero-order valence-electron chi connectivity index (χ0n) is 88.4. The molecule has 18 rings (SSSR count). The molecule has 806 valence electrons. The second kappa shape index (κ2) is 48.3. The standard InChI is InChI=1S/C22H30BrNO4.C21H32BrNO3.C17H20BrNO3.C14H26O5.C14H24O3.C13H22O4.C11H18O3/c1-16(17-4-6-18(23)7-5-17)24-13-12-21(28-19(24)25)8-10-22(11-9-21)26-14-20(2,3)15-27-22;1-16(17-4-6-18(22)7-5-17)23-13-12-20(24)8-10-21(11-9-20)25-14-19(2,3)15-26-21;1-12(13-2-4-14(18)5-3-13)19-11-10-17(22-16(19)21)8-6-15(20)7-9-17;1-12(2)9-18-14(19-10-12)5-3-13(17,4-6-14)7-11(16)8-15;1-4-5-13(15)6-8-14(9-7-13)16-10-12(2,3)11-17-14;1-11(2)9-16-13(17-10-11)5-3-12(15,4-6-13)7-8-14;1-10(2)7-13-11(14-8-10)5-3-9(12)4-6-11/h4-7,16H,8-15H2,1-3H3;4-7,16,23-24H,8-15H2,1-3H3;2-5,12H,6-11H2,1H3;11,15-17H,3-10H2,1-2H3;4,15H,1,5-11H2,2-3H3;8,15H,3-7,9-10H2,1-2H3;3-8H2,1-2H3/t2*16-;12-;;;;/m000..../s1. The van der Waals surface area contributed by atoms with Gasteiger partial charge >= 0.3 is 12.2 Å². The molecule has 3 aromatic rings. The van der Waals surface area contributed by atoms with Gasteiger partial charge in [0.25, 0.3) is 0 Å². The predicted molar refractivity (Wildman–Crippen MR) is 554 cm³/mol. The first-order valence-electron chi connectivity index (χ1n) is 52.9. The lowest BCUT2D eigenvalue weighted by atomic mass is 9.77. The van der Waals surface area contributed by atoms with Gasteiger partial charge in [0.2, 0.25) is 0 Å². The van der Waals surface area contributed by atoms with Crippen molar-refractivity contribution in [1.29, 1.82) is 0 Å². The third-order valence-corrected chi connectivity index (χ3v) is 33.8. The summed E-state index contributed by atoms with van der Waals surface area (Å²) >= 11 is 10.4. The van der Waals surface area contributed by atoms with Crippen LogP contribution in [0.2, 0.25) is 0 Å². The number of aliphatic hydroxyl groups excluding tert-OH is 2. The molecule has 8 spiro atoms. The van der Waals surface area contributed by atoms with E-state index in [0.29, 0.717) is 135 Å². The number of carbonyl (C=O) groups is 5. The van der Waals surface area contributed by atoms with E-state index in [4.69, 9.17) is 71.4 Å². The Balaban J connectivity index is 0.000000151. The van der Waals surface area contributed by atoms with E-state index >= 15 is 0 Å². The number of benzene rings is 3. The van der Waals surface area contributed by atoms with E-state index in [1.165, 1.54) is 5.56 Å². The number of halogens is 3. The van der Waals surface area contributed by atoms with Crippen LogP contribution in [-0.4, -0.2) is 250 Å². The molecule has 0 bridgehead atoms. The molecular formula is C112H172Br3N3O25. The van der Waals surface area contributed by atoms with Crippen molar-refractivity contribution < 1.29 is 121 Å².